The van der Waals surface area contributed by atoms with Gasteiger partial charge in [-0.05, 0) is 18.2 Å². The number of nitrogens with one attached hydrogen (secondary N) is 1. The van der Waals surface area contributed by atoms with Gasteiger partial charge < -0.3 is 5.32 Å². The van der Waals surface area contributed by atoms with Crippen molar-refractivity contribution in [1.82, 2.24) is 0 Å². The monoisotopic (exact) mass is 197 g/mol. The Morgan fingerprint density at radius 1 is 1.46 bits per heavy atom. The van der Waals surface area contributed by atoms with Gasteiger partial charge in [0.1, 0.15) is 5.82 Å². The molecule has 1 heterocycles. The Labute approximate surface area is 79.5 Å². The summed E-state index contributed by atoms with van der Waals surface area (Å²) in [5.74, 6) is 0.447. The zero-order valence-corrected chi connectivity index (χ0v) is 7.66. The Hall–Kier alpha value is -1.03. The zero-order chi connectivity index (χ0) is 9.26. The maximum absolute atomic E-state index is 12.8. The third-order valence-electron chi connectivity index (χ3n) is 1.80. The second kappa shape index (κ2) is 3.38. The first-order valence-electron chi connectivity index (χ1n) is 3.98. The summed E-state index contributed by atoms with van der Waals surface area (Å²) in [6, 6.07) is 4.40. The van der Waals surface area contributed by atoms with Crippen molar-refractivity contribution in [2.24, 2.45) is 0 Å². The number of amides is 1. The summed E-state index contributed by atoms with van der Waals surface area (Å²) < 4.78 is 12.8. The SMILES string of the molecule is O=C1CCSc2cc(F)ccc2N1. The Kier molecular flexibility index (Phi) is 2.22. The predicted molar refractivity (Wildman–Crippen MR) is 50.4 cm³/mol. The molecule has 1 aliphatic heterocycles. The van der Waals surface area contributed by atoms with Crippen molar-refractivity contribution in [3.05, 3.63) is 24.0 Å². The minimum Gasteiger partial charge on any atom is -0.325 e. The second-order valence-electron chi connectivity index (χ2n) is 2.79. The third kappa shape index (κ3) is 1.83. The van der Waals surface area contributed by atoms with E-state index in [1.165, 1.54) is 23.9 Å². The molecule has 13 heavy (non-hydrogen) atoms. The Morgan fingerprint density at radius 2 is 2.31 bits per heavy atom. The van der Waals surface area contributed by atoms with Crippen LogP contribution in [0.2, 0.25) is 0 Å². The van der Waals surface area contributed by atoms with Crippen molar-refractivity contribution >= 4 is 23.4 Å². The molecule has 68 valence electrons. The molecule has 4 heteroatoms. The van der Waals surface area contributed by atoms with Gasteiger partial charge in [-0.15, -0.1) is 11.8 Å². The van der Waals surface area contributed by atoms with Crippen LogP contribution < -0.4 is 5.32 Å². The first-order valence-corrected chi connectivity index (χ1v) is 4.96. The molecule has 0 radical (unpaired) electrons. The van der Waals surface area contributed by atoms with E-state index in [9.17, 15) is 9.18 Å². The molecule has 0 aromatic heterocycles. The summed E-state index contributed by atoms with van der Waals surface area (Å²) in [6.07, 6.45) is 0.487. The van der Waals surface area contributed by atoms with Crippen LogP contribution in [0, 0.1) is 5.82 Å². The van der Waals surface area contributed by atoms with Crippen LogP contribution in [0.4, 0.5) is 10.1 Å². The van der Waals surface area contributed by atoms with Gasteiger partial charge in [0.25, 0.3) is 0 Å². The van der Waals surface area contributed by atoms with E-state index in [1.54, 1.807) is 6.07 Å². The van der Waals surface area contributed by atoms with Crippen LogP contribution in [-0.4, -0.2) is 11.7 Å². The third-order valence-corrected chi connectivity index (χ3v) is 2.86. The number of hydrogen-bond acceptors (Lipinski definition) is 2. The molecule has 1 aromatic rings. The summed E-state index contributed by atoms with van der Waals surface area (Å²) in [4.78, 5) is 11.9. The lowest BCUT2D eigenvalue weighted by Crippen LogP contribution is -2.09. The summed E-state index contributed by atoms with van der Waals surface area (Å²) in [5.41, 5.74) is 0.717. The fourth-order valence-corrected chi connectivity index (χ4v) is 2.16. The van der Waals surface area contributed by atoms with E-state index in [-0.39, 0.29) is 11.7 Å². The second-order valence-corrected chi connectivity index (χ2v) is 3.92. The van der Waals surface area contributed by atoms with Gasteiger partial charge in [0.15, 0.2) is 0 Å². The number of carbonyl (C=O) groups is 1. The van der Waals surface area contributed by atoms with Crippen molar-refractivity contribution in [2.75, 3.05) is 11.1 Å². The van der Waals surface area contributed by atoms with E-state index >= 15 is 0 Å². The molecule has 0 fully saturated rings. The normalized spacial score (nSPS) is 15.9. The molecule has 0 atom stereocenters. The Bertz CT molecular complexity index is 353. The lowest BCUT2D eigenvalue weighted by molar-refractivity contribution is -0.115. The fraction of sp³-hybridized carbons (Fsp3) is 0.222. The lowest BCUT2D eigenvalue weighted by atomic mass is 10.3. The van der Waals surface area contributed by atoms with Gasteiger partial charge >= 0.3 is 0 Å². The number of carbonyl (C=O) groups excluding carboxylic acids is 1. The summed E-state index contributed by atoms with van der Waals surface area (Å²) in [6.45, 7) is 0. The smallest absolute Gasteiger partial charge is 0.225 e. The van der Waals surface area contributed by atoms with Gasteiger partial charge in [0.05, 0.1) is 5.69 Å². The van der Waals surface area contributed by atoms with Crippen LogP contribution in [0.3, 0.4) is 0 Å². The molecular weight excluding hydrogens is 189 g/mol. The molecule has 1 N–H and O–H groups in total. The molecule has 0 spiro atoms. The number of halogens is 1. The molecule has 1 aromatic carbocycles. The van der Waals surface area contributed by atoms with E-state index in [0.717, 1.165) is 4.90 Å². The first kappa shape index (κ1) is 8.56. The molecule has 1 amide bonds. The van der Waals surface area contributed by atoms with E-state index in [2.05, 4.69) is 5.32 Å². The molecular formula is C9H8FNOS. The highest BCUT2D eigenvalue weighted by atomic mass is 32.2. The number of thioether (sulfide) groups is 1. The standard InChI is InChI=1S/C9H8FNOS/c10-6-1-2-7-8(5-6)13-4-3-9(12)11-7/h1-2,5H,3-4H2,(H,11,12). The number of benzene rings is 1. The minimum atomic E-state index is -0.262. The van der Waals surface area contributed by atoms with Crippen molar-refractivity contribution in [3.63, 3.8) is 0 Å². The maximum Gasteiger partial charge on any atom is 0.225 e. The average Bonchev–Trinajstić information content (AvgIpc) is 2.25. The van der Waals surface area contributed by atoms with Crippen molar-refractivity contribution in [2.45, 2.75) is 11.3 Å². The van der Waals surface area contributed by atoms with E-state index in [0.29, 0.717) is 17.9 Å². The maximum atomic E-state index is 12.8. The van der Waals surface area contributed by atoms with Gasteiger partial charge in [-0.1, -0.05) is 0 Å². The number of anilines is 1. The van der Waals surface area contributed by atoms with Crippen LogP contribution in [0.15, 0.2) is 23.1 Å². The van der Waals surface area contributed by atoms with Crippen LogP contribution in [0.5, 0.6) is 0 Å². The molecule has 0 unspecified atom stereocenters. The first-order chi connectivity index (χ1) is 6.25. The van der Waals surface area contributed by atoms with Gasteiger partial charge in [-0.25, -0.2) is 4.39 Å². The van der Waals surface area contributed by atoms with Crippen LogP contribution >= 0.6 is 11.8 Å². The highest BCUT2D eigenvalue weighted by molar-refractivity contribution is 7.99. The highest BCUT2D eigenvalue weighted by Gasteiger charge is 2.13. The van der Waals surface area contributed by atoms with Gasteiger partial charge in [0, 0.05) is 17.1 Å². The number of rotatable bonds is 0. The number of hydrogen-bond donors (Lipinski definition) is 1. The molecule has 0 aliphatic carbocycles. The predicted octanol–water partition coefficient (Wildman–Crippen LogP) is 2.26. The number of fused-ring (bicyclic) bond motifs is 1. The quantitative estimate of drug-likeness (QED) is 0.691. The minimum absolute atomic E-state index is 0.00198. The molecule has 2 rings (SSSR count). The van der Waals surface area contributed by atoms with Gasteiger partial charge in [-0.2, -0.15) is 0 Å². The lowest BCUT2D eigenvalue weighted by Gasteiger charge is -2.04. The molecule has 2 nitrogen and oxygen atoms in total. The molecule has 0 saturated heterocycles. The highest BCUT2D eigenvalue weighted by Crippen LogP contribution is 2.30. The molecule has 0 saturated carbocycles. The van der Waals surface area contributed by atoms with Crippen LogP contribution in [-0.2, 0) is 4.79 Å². The Morgan fingerprint density at radius 3 is 3.15 bits per heavy atom. The van der Waals surface area contributed by atoms with E-state index < -0.39 is 0 Å². The zero-order valence-electron chi connectivity index (χ0n) is 6.84. The summed E-state index contributed by atoms with van der Waals surface area (Å²) in [5, 5.41) is 2.72. The summed E-state index contributed by atoms with van der Waals surface area (Å²) in [7, 11) is 0. The van der Waals surface area contributed by atoms with Gasteiger partial charge in [0.2, 0.25) is 5.91 Å². The Balaban J connectivity index is 2.40. The van der Waals surface area contributed by atoms with Crippen molar-refractivity contribution in [3.8, 4) is 0 Å². The summed E-state index contributed by atoms with van der Waals surface area (Å²) >= 11 is 1.50. The van der Waals surface area contributed by atoms with Gasteiger partial charge in [-0.3, -0.25) is 4.79 Å². The fourth-order valence-electron chi connectivity index (χ4n) is 1.19. The molecule has 0 bridgehead atoms. The van der Waals surface area contributed by atoms with E-state index in [1.807, 2.05) is 0 Å². The van der Waals surface area contributed by atoms with Crippen LogP contribution in [0.1, 0.15) is 6.42 Å². The van der Waals surface area contributed by atoms with Crippen molar-refractivity contribution in [1.29, 1.82) is 0 Å². The van der Waals surface area contributed by atoms with Crippen molar-refractivity contribution < 1.29 is 9.18 Å². The average molecular weight is 197 g/mol. The van der Waals surface area contributed by atoms with E-state index in [4.69, 9.17) is 0 Å². The molecule has 1 aliphatic rings. The topological polar surface area (TPSA) is 29.1 Å². The van der Waals surface area contributed by atoms with Crippen LogP contribution in [0.25, 0.3) is 0 Å². The largest absolute Gasteiger partial charge is 0.325 e.